The van der Waals surface area contributed by atoms with Gasteiger partial charge < -0.3 is 5.32 Å². The highest BCUT2D eigenvalue weighted by molar-refractivity contribution is 7.99. The highest BCUT2D eigenvalue weighted by atomic mass is 35.5. The van der Waals surface area contributed by atoms with Crippen LogP contribution in [-0.4, -0.2) is 13.4 Å². The summed E-state index contributed by atoms with van der Waals surface area (Å²) in [5.41, 5.74) is 0.657. The lowest BCUT2D eigenvalue weighted by Crippen LogP contribution is -2.05. The van der Waals surface area contributed by atoms with Crippen molar-refractivity contribution in [1.82, 2.24) is 4.98 Å². The Morgan fingerprint density at radius 1 is 1.07 bits per heavy atom. The van der Waals surface area contributed by atoms with E-state index in [0.717, 1.165) is 9.92 Å². The molecule has 0 atom stereocenters. The van der Waals surface area contributed by atoms with Crippen molar-refractivity contribution in [2.75, 3.05) is 5.32 Å². The molecule has 1 N–H and O–H groups in total. The van der Waals surface area contributed by atoms with E-state index in [1.165, 1.54) is 42.2 Å². The topological polar surface area (TPSA) is 82.8 Å². The van der Waals surface area contributed by atoms with E-state index in [4.69, 9.17) is 11.6 Å². The molecule has 0 fully saturated rings. The number of halogens is 1. The predicted molar refractivity (Wildman–Crippen MR) is 111 cm³/mol. The third-order valence-electron chi connectivity index (χ3n) is 3.61. The van der Waals surface area contributed by atoms with Gasteiger partial charge in [0.05, 0.1) is 4.90 Å². The van der Waals surface area contributed by atoms with Crippen molar-refractivity contribution in [3.63, 3.8) is 0 Å². The molecule has 0 aliphatic heterocycles. The lowest BCUT2D eigenvalue weighted by molar-refractivity contribution is 0.603. The second-order valence-corrected chi connectivity index (χ2v) is 8.96. The van der Waals surface area contributed by atoms with Gasteiger partial charge in [-0.2, -0.15) is 5.26 Å². The average Bonchev–Trinajstić information content (AvgIpc) is 2.70. The van der Waals surface area contributed by atoms with E-state index in [0.29, 0.717) is 10.7 Å². The number of benzene rings is 2. The summed E-state index contributed by atoms with van der Waals surface area (Å²) in [5.74, 6) is 0. The minimum Gasteiger partial charge on any atom is -0.360 e. The highest BCUT2D eigenvalue weighted by Crippen LogP contribution is 2.27. The molecule has 0 saturated carbocycles. The van der Waals surface area contributed by atoms with Crippen LogP contribution in [0.1, 0.15) is 0 Å². The van der Waals surface area contributed by atoms with Gasteiger partial charge in [0.2, 0.25) is 9.84 Å². The van der Waals surface area contributed by atoms with Gasteiger partial charge >= 0.3 is 0 Å². The van der Waals surface area contributed by atoms with E-state index in [1.807, 2.05) is 30.3 Å². The number of allylic oxidation sites excluding steroid dienone is 1. The maximum atomic E-state index is 12.6. The molecule has 1 heterocycles. The standard InChI is InChI=1S/C20H14ClN3O2S2/c21-15-4-10-18(11-5-15)28(25,26)19(13-22)14-24-16-6-8-17(9-7-16)27-20-3-1-2-12-23-20/h1-12,14,24H/b19-14-. The quantitative estimate of drug-likeness (QED) is 0.548. The second kappa shape index (κ2) is 8.93. The van der Waals surface area contributed by atoms with E-state index < -0.39 is 9.84 Å². The van der Waals surface area contributed by atoms with E-state index in [9.17, 15) is 13.7 Å². The first-order valence-corrected chi connectivity index (χ1v) is 10.7. The van der Waals surface area contributed by atoms with E-state index >= 15 is 0 Å². The van der Waals surface area contributed by atoms with Gasteiger partial charge in [0, 0.05) is 28.0 Å². The molecule has 28 heavy (non-hydrogen) atoms. The molecule has 5 nitrogen and oxygen atoms in total. The van der Waals surface area contributed by atoms with Crippen molar-refractivity contribution in [2.45, 2.75) is 14.8 Å². The molecule has 140 valence electrons. The summed E-state index contributed by atoms with van der Waals surface area (Å²) >= 11 is 7.30. The lowest BCUT2D eigenvalue weighted by Gasteiger charge is -2.06. The molecule has 1 aromatic heterocycles. The summed E-state index contributed by atoms with van der Waals surface area (Å²) in [6.07, 6.45) is 2.92. The fourth-order valence-corrected chi connectivity index (χ4v) is 4.19. The van der Waals surface area contributed by atoms with Gasteiger partial charge in [-0.05, 0) is 60.7 Å². The average molecular weight is 428 g/mol. The predicted octanol–water partition coefficient (Wildman–Crippen LogP) is 5.14. The molecule has 0 aliphatic carbocycles. The third kappa shape index (κ3) is 4.93. The molecule has 0 spiro atoms. The minimum atomic E-state index is -3.92. The van der Waals surface area contributed by atoms with Gasteiger partial charge in [0.25, 0.3) is 0 Å². The first-order valence-electron chi connectivity index (χ1n) is 8.05. The number of anilines is 1. The zero-order chi connectivity index (χ0) is 20.0. The summed E-state index contributed by atoms with van der Waals surface area (Å²) in [6, 6.07) is 20.5. The van der Waals surface area contributed by atoms with Crippen LogP contribution in [-0.2, 0) is 9.84 Å². The van der Waals surface area contributed by atoms with Gasteiger partial charge in [-0.1, -0.05) is 29.4 Å². The number of rotatable bonds is 6. The molecule has 3 rings (SSSR count). The Labute approximate surface area is 172 Å². The first-order chi connectivity index (χ1) is 13.5. The van der Waals surface area contributed by atoms with Gasteiger partial charge in [0.1, 0.15) is 11.1 Å². The number of aromatic nitrogens is 1. The fourth-order valence-electron chi connectivity index (χ4n) is 2.21. The molecule has 0 amide bonds. The molecule has 0 aliphatic rings. The molecule has 0 saturated heterocycles. The fraction of sp³-hybridized carbons (Fsp3) is 0. The summed E-state index contributed by atoms with van der Waals surface area (Å²) in [6.45, 7) is 0. The van der Waals surface area contributed by atoms with Crippen molar-refractivity contribution in [1.29, 1.82) is 5.26 Å². The van der Waals surface area contributed by atoms with Gasteiger partial charge in [0.15, 0.2) is 4.91 Å². The van der Waals surface area contributed by atoms with Crippen molar-refractivity contribution in [3.8, 4) is 6.07 Å². The van der Waals surface area contributed by atoms with Crippen molar-refractivity contribution in [2.24, 2.45) is 0 Å². The normalized spacial score (nSPS) is 11.6. The van der Waals surface area contributed by atoms with Crippen LogP contribution in [0, 0.1) is 11.3 Å². The molecule has 0 bridgehead atoms. The Balaban J connectivity index is 1.74. The number of pyridine rings is 1. The second-order valence-electron chi connectivity index (χ2n) is 5.52. The van der Waals surface area contributed by atoms with Gasteiger partial charge in [-0.15, -0.1) is 0 Å². The van der Waals surface area contributed by atoms with Crippen LogP contribution in [0.25, 0.3) is 0 Å². The van der Waals surface area contributed by atoms with Crippen molar-refractivity contribution in [3.05, 3.63) is 89.1 Å². The molecule has 2 aromatic carbocycles. The number of sulfone groups is 1. The number of hydrogen-bond acceptors (Lipinski definition) is 6. The third-order valence-corrected chi connectivity index (χ3v) is 6.50. The zero-order valence-corrected chi connectivity index (χ0v) is 16.8. The largest absolute Gasteiger partial charge is 0.360 e. The SMILES string of the molecule is N#C/C(=C/Nc1ccc(Sc2ccccn2)cc1)S(=O)(=O)c1ccc(Cl)cc1. The zero-order valence-electron chi connectivity index (χ0n) is 14.4. The summed E-state index contributed by atoms with van der Waals surface area (Å²) in [5, 5.41) is 13.4. The van der Waals surface area contributed by atoms with Gasteiger partial charge in [-0.3, -0.25) is 0 Å². The van der Waals surface area contributed by atoms with Crippen LogP contribution in [0.15, 0.2) is 98.8 Å². The molecule has 3 aromatic rings. The number of nitriles is 1. The van der Waals surface area contributed by atoms with E-state index in [2.05, 4.69) is 10.3 Å². The van der Waals surface area contributed by atoms with E-state index in [1.54, 1.807) is 24.4 Å². The number of hydrogen-bond donors (Lipinski definition) is 1. The van der Waals surface area contributed by atoms with Crippen LogP contribution in [0.3, 0.4) is 0 Å². The lowest BCUT2D eigenvalue weighted by atomic mass is 10.3. The Morgan fingerprint density at radius 2 is 1.79 bits per heavy atom. The molecule has 8 heteroatoms. The Kier molecular flexibility index (Phi) is 6.37. The van der Waals surface area contributed by atoms with Crippen LogP contribution in [0.5, 0.6) is 0 Å². The van der Waals surface area contributed by atoms with Gasteiger partial charge in [-0.25, -0.2) is 13.4 Å². The monoisotopic (exact) mass is 427 g/mol. The van der Waals surface area contributed by atoms with Crippen LogP contribution in [0.4, 0.5) is 5.69 Å². The Morgan fingerprint density at radius 3 is 2.39 bits per heavy atom. The van der Waals surface area contributed by atoms with Crippen molar-refractivity contribution < 1.29 is 8.42 Å². The molecule has 0 unspecified atom stereocenters. The van der Waals surface area contributed by atoms with Crippen LogP contribution >= 0.6 is 23.4 Å². The molecular weight excluding hydrogens is 414 g/mol. The number of nitrogens with one attached hydrogen (secondary N) is 1. The van der Waals surface area contributed by atoms with Crippen molar-refractivity contribution >= 4 is 38.9 Å². The summed E-state index contributed by atoms with van der Waals surface area (Å²) in [4.78, 5) is 4.86. The summed E-state index contributed by atoms with van der Waals surface area (Å²) < 4.78 is 25.1. The minimum absolute atomic E-state index is 0.00797. The molecular formula is C20H14ClN3O2S2. The maximum absolute atomic E-state index is 12.6. The maximum Gasteiger partial charge on any atom is 0.218 e. The van der Waals surface area contributed by atoms with Crippen LogP contribution < -0.4 is 5.32 Å². The molecule has 0 radical (unpaired) electrons. The Bertz CT molecular complexity index is 1120. The summed E-state index contributed by atoms with van der Waals surface area (Å²) in [7, 11) is -3.92. The highest BCUT2D eigenvalue weighted by Gasteiger charge is 2.20. The van der Waals surface area contributed by atoms with E-state index in [-0.39, 0.29) is 9.80 Å². The smallest absolute Gasteiger partial charge is 0.218 e. The van der Waals surface area contributed by atoms with Crippen LogP contribution in [0.2, 0.25) is 5.02 Å². The number of nitrogens with zero attached hydrogens (tertiary/aromatic N) is 2. The first kappa shape index (κ1) is 20.0. The Hall–Kier alpha value is -2.79.